The highest BCUT2D eigenvalue weighted by atomic mass is 16.5. The highest BCUT2D eigenvalue weighted by molar-refractivity contribution is 5.97. The average Bonchev–Trinajstić information content (AvgIpc) is 3.03. The Balaban J connectivity index is 2.55. The molecule has 0 radical (unpaired) electrons. The number of ketones is 1. The van der Waals surface area contributed by atoms with Gasteiger partial charge in [-0.3, -0.25) is 4.79 Å². The summed E-state index contributed by atoms with van der Waals surface area (Å²) in [6, 6.07) is 7.52. The summed E-state index contributed by atoms with van der Waals surface area (Å²) < 4.78 is 14.7. The summed E-state index contributed by atoms with van der Waals surface area (Å²) in [5, 5.41) is 0. The number of hydrogen-bond donors (Lipinski definition) is 0. The van der Waals surface area contributed by atoms with E-state index in [0.717, 1.165) is 0 Å². The Hall–Kier alpha value is -2.89. The zero-order chi connectivity index (χ0) is 16.3. The van der Waals surface area contributed by atoms with Crippen molar-refractivity contribution in [3.05, 3.63) is 47.2 Å². The van der Waals surface area contributed by atoms with E-state index in [1.807, 2.05) is 0 Å². The molecule has 0 bridgehead atoms. The summed E-state index contributed by atoms with van der Waals surface area (Å²) in [5.41, 5.74) is 0.832. The molecule has 0 atom stereocenters. The molecule has 0 spiro atoms. The van der Waals surface area contributed by atoms with Crippen molar-refractivity contribution in [1.29, 1.82) is 0 Å². The average molecular weight is 302 g/mol. The van der Waals surface area contributed by atoms with Crippen LogP contribution in [0.2, 0.25) is 0 Å². The number of Topliss-reactive ketones (excluding diaryl/α,β-unsaturated/α-hetero) is 1. The molecule has 0 saturated carbocycles. The van der Waals surface area contributed by atoms with E-state index in [1.54, 1.807) is 6.07 Å². The predicted molar refractivity (Wildman–Crippen MR) is 76.8 cm³/mol. The number of ether oxygens (including phenoxy) is 2. The van der Waals surface area contributed by atoms with Gasteiger partial charge in [0.1, 0.15) is 5.76 Å². The van der Waals surface area contributed by atoms with Crippen LogP contribution < -0.4 is 0 Å². The van der Waals surface area contributed by atoms with Gasteiger partial charge in [0.05, 0.1) is 25.3 Å². The topological polar surface area (TPSA) is 82.8 Å². The summed E-state index contributed by atoms with van der Waals surface area (Å²) in [6.45, 7) is 1.38. The van der Waals surface area contributed by atoms with Crippen molar-refractivity contribution in [2.24, 2.45) is 0 Å². The molecule has 0 aliphatic rings. The Morgan fingerprint density at radius 1 is 0.909 bits per heavy atom. The maximum atomic E-state index is 11.7. The lowest BCUT2D eigenvalue weighted by atomic mass is 10.0. The molecule has 22 heavy (non-hydrogen) atoms. The Morgan fingerprint density at radius 3 is 1.86 bits per heavy atom. The van der Waals surface area contributed by atoms with Crippen molar-refractivity contribution in [3.8, 4) is 11.3 Å². The fourth-order valence-corrected chi connectivity index (χ4v) is 1.92. The first-order valence-corrected chi connectivity index (χ1v) is 6.39. The first kappa shape index (κ1) is 15.5. The molecule has 1 heterocycles. The van der Waals surface area contributed by atoms with E-state index in [9.17, 15) is 14.4 Å². The standard InChI is InChI=1S/C16H14O6/c1-9(17)13-4-5-14(22-13)10-6-11(15(18)20-2)8-12(7-10)16(19)21-3/h4-8H,1-3H3. The Morgan fingerprint density at radius 2 is 1.45 bits per heavy atom. The van der Waals surface area contributed by atoms with Gasteiger partial charge in [-0.2, -0.15) is 0 Å². The molecule has 0 unspecified atom stereocenters. The smallest absolute Gasteiger partial charge is 0.337 e. The van der Waals surface area contributed by atoms with E-state index in [-0.39, 0.29) is 22.7 Å². The van der Waals surface area contributed by atoms with E-state index in [2.05, 4.69) is 9.47 Å². The maximum Gasteiger partial charge on any atom is 0.337 e. The van der Waals surface area contributed by atoms with Crippen molar-refractivity contribution in [3.63, 3.8) is 0 Å². The highest BCUT2D eigenvalue weighted by Crippen LogP contribution is 2.25. The number of esters is 2. The van der Waals surface area contributed by atoms with E-state index in [1.165, 1.54) is 45.4 Å². The third-order valence-electron chi connectivity index (χ3n) is 3.01. The van der Waals surface area contributed by atoms with Crippen molar-refractivity contribution in [1.82, 2.24) is 0 Å². The van der Waals surface area contributed by atoms with Gasteiger partial charge in [-0.25, -0.2) is 9.59 Å². The predicted octanol–water partition coefficient (Wildman–Crippen LogP) is 2.72. The Bertz CT molecular complexity index is 707. The molecule has 0 aliphatic heterocycles. The van der Waals surface area contributed by atoms with Crippen LogP contribution in [0.4, 0.5) is 0 Å². The van der Waals surface area contributed by atoms with Crippen molar-refractivity contribution in [2.45, 2.75) is 6.92 Å². The first-order chi connectivity index (χ1) is 10.5. The molecule has 0 saturated heterocycles. The molecule has 0 amide bonds. The Labute approximate surface area is 126 Å². The summed E-state index contributed by atoms with van der Waals surface area (Å²) in [6.07, 6.45) is 0. The molecule has 0 aliphatic carbocycles. The van der Waals surface area contributed by atoms with Gasteiger partial charge >= 0.3 is 11.9 Å². The minimum atomic E-state index is -0.592. The molecule has 0 fully saturated rings. The maximum absolute atomic E-state index is 11.7. The monoisotopic (exact) mass is 302 g/mol. The summed E-state index contributed by atoms with van der Waals surface area (Å²) >= 11 is 0. The second-order valence-electron chi connectivity index (χ2n) is 4.50. The van der Waals surface area contributed by atoms with E-state index < -0.39 is 11.9 Å². The van der Waals surface area contributed by atoms with Crippen LogP contribution >= 0.6 is 0 Å². The van der Waals surface area contributed by atoms with E-state index >= 15 is 0 Å². The summed E-state index contributed by atoms with van der Waals surface area (Å²) in [4.78, 5) is 34.7. The third-order valence-corrected chi connectivity index (χ3v) is 3.01. The zero-order valence-corrected chi connectivity index (χ0v) is 12.3. The van der Waals surface area contributed by atoms with Crippen molar-refractivity contribution in [2.75, 3.05) is 14.2 Å². The van der Waals surface area contributed by atoms with Crippen LogP contribution in [0.5, 0.6) is 0 Å². The summed E-state index contributed by atoms with van der Waals surface area (Å²) in [5.74, 6) is -0.849. The van der Waals surface area contributed by atoms with Crippen LogP contribution in [0.1, 0.15) is 38.2 Å². The minimum Gasteiger partial charge on any atom is -0.465 e. The molecule has 1 aromatic carbocycles. The van der Waals surface area contributed by atoms with Crippen LogP contribution in [0.15, 0.2) is 34.7 Å². The minimum absolute atomic E-state index is 0.182. The molecule has 2 aromatic rings. The second-order valence-corrected chi connectivity index (χ2v) is 4.50. The van der Waals surface area contributed by atoms with Crippen LogP contribution in [-0.4, -0.2) is 31.9 Å². The number of methoxy groups -OCH3 is 2. The van der Waals surface area contributed by atoms with Crippen LogP contribution in [0, 0.1) is 0 Å². The normalized spacial score (nSPS) is 10.1. The molecule has 2 rings (SSSR count). The van der Waals surface area contributed by atoms with Crippen LogP contribution in [0.25, 0.3) is 11.3 Å². The molecule has 114 valence electrons. The molecular weight excluding hydrogens is 288 g/mol. The van der Waals surface area contributed by atoms with Gasteiger partial charge in [-0.05, 0) is 30.3 Å². The molecule has 6 heteroatoms. The van der Waals surface area contributed by atoms with Crippen molar-refractivity contribution < 1.29 is 28.3 Å². The number of carbonyl (C=O) groups is 3. The molecule has 1 aromatic heterocycles. The fourth-order valence-electron chi connectivity index (χ4n) is 1.92. The molecule has 6 nitrogen and oxygen atoms in total. The molecular formula is C16H14O6. The Kier molecular flexibility index (Phi) is 4.41. The largest absolute Gasteiger partial charge is 0.465 e. The van der Waals surface area contributed by atoms with E-state index in [0.29, 0.717) is 11.3 Å². The van der Waals surface area contributed by atoms with E-state index in [4.69, 9.17) is 4.42 Å². The number of furan rings is 1. The fraction of sp³-hybridized carbons (Fsp3) is 0.188. The van der Waals surface area contributed by atoms with Gasteiger partial charge in [0.2, 0.25) is 0 Å². The van der Waals surface area contributed by atoms with Gasteiger partial charge in [-0.1, -0.05) is 0 Å². The molecule has 0 N–H and O–H groups in total. The number of carbonyl (C=O) groups excluding carboxylic acids is 3. The van der Waals surface area contributed by atoms with Gasteiger partial charge < -0.3 is 13.9 Å². The zero-order valence-electron chi connectivity index (χ0n) is 12.3. The number of rotatable bonds is 4. The van der Waals surface area contributed by atoms with Crippen LogP contribution in [-0.2, 0) is 9.47 Å². The second kappa shape index (κ2) is 6.26. The number of benzene rings is 1. The van der Waals surface area contributed by atoms with Gasteiger partial charge in [0, 0.05) is 12.5 Å². The highest BCUT2D eigenvalue weighted by Gasteiger charge is 2.16. The third kappa shape index (κ3) is 3.06. The lowest BCUT2D eigenvalue weighted by Gasteiger charge is -2.06. The van der Waals surface area contributed by atoms with Gasteiger partial charge in [0.15, 0.2) is 11.5 Å². The van der Waals surface area contributed by atoms with Gasteiger partial charge in [-0.15, -0.1) is 0 Å². The number of hydrogen-bond acceptors (Lipinski definition) is 6. The summed E-state index contributed by atoms with van der Waals surface area (Å²) in [7, 11) is 2.49. The lowest BCUT2D eigenvalue weighted by Crippen LogP contribution is -2.06. The SMILES string of the molecule is COC(=O)c1cc(C(=O)OC)cc(-c2ccc(C(C)=O)o2)c1. The quantitative estimate of drug-likeness (QED) is 0.638. The van der Waals surface area contributed by atoms with Crippen LogP contribution in [0.3, 0.4) is 0 Å². The lowest BCUT2D eigenvalue weighted by molar-refractivity contribution is 0.0599. The first-order valence-electron chi connectivity index (χ1n) is 6.39. The van der Waals surface area contributed by atoms with Crippen molar-refractivity contribution >= 4 is 17.7 Å². The van der Waals surface area contributed by atoms with Gasteiger partial charge in [0.25, 0.3) is 0 Å².